The molecule has 4 nitrogen and oxygen atoms in total. The number of imidazole rings is 1. The lowest BCUT2D eigenvalue weighted by Crippen LogP contribution is -2.41. The number of hydrogen-bond acceptors (Lipinski definition) is 2. The number of aromatic amines is 1. The Morgan fingerprint density at radius 1 is 1.15 bits per heavy atom. The van der Waals surface area contributed by atoms with Crippen molar-refractivity contribution in [3.8, 4) is 0 Å². The van der Waals surface area contributed by atoms with Gasteiger partial charge >= 0.3 is 0 Å². The van der Waals surface area contributed by atoms with Crippen molar-refractivity contribution in [3.63, 3.8) is 0 Å². The highest BCUT2D eigenvalue weighted by Crippen LogP contribution is 2.27. The van der Waals surface area contributed by atoms with E-state index in [1.165, 1.54) is 11.1 Å². The van der Waals surface area contributed by atoms with Crippen LogP contribution in [0.2, 0.25) is 0 Å². The van der Waals surface area contributed by atoms with Crippen molar-refractivity contribution in [2.24, 2.45) is 0 Å². The minimum Gasteiger partial charge on any atom is -0.348 e. The molecule has 4 rings (SSSR count). The number of likely N-dealkylation sites (tertiary alicyclic amines) is 1. The Balaban J connectivity index is 1.47. The van der Waals surface area contributed by atoms with Crippen LogP contribution in [-0.2, 0) is 0 Å². The fraction of sp³-hybridized carbons (Fsp3) is 0.333. The molecule has 2 N–H and O–H groups in total. The number of aryl methyl sites for hydroxylation is 2. The number of benzene rings is 2. The summed E-state index contributed by atoms with van der Waals surface area (Å²) in [6.45, 7) is 6.09. The maximum absolute atomic E-state index is 5.66. The molecular weight excluding hydrogens is 340 g/mol. The van der Waals surface area contributed by atoms with E-state index >= 15 is 0 Å². The number of anilines is 1. The average molecular weight is 365 g/mol. The number of hydrogen-bond donors (Lipinski definition) is 2. The van der Waals surface area contributed by atoms with E-state index in [-0.39, 0.29) is 0 Å². The fourth-order valence-electron chi connectivity index (χ4n) is 3.56. The van der Waals surface area contributed by atoms with Crippen LogP contribution in [0.4, 0.5) is 5.69 Å². The van der Waals surface area contributed by atoms with Crippen LogP contribution in [0.15, 0.2) is 42.5 Å². The van der Waals surface area contributed by atoms with Gasteiger partial charge in [-0.05, 0) is 68.7 Å². The molecule has 2 heterocycles. The molecule has 1 fully saturated rings. The summed E-state index contributed by atoms with van der Waals surface area (Å²) in [4.78, 5) is 10.6. The van der Waals surface area contributed by atoms with Gasteiger partial charge in [-0.3, -0.25) is 0 Å². The SMILES string of the molecule is Cc1ccc(NC(=S)N2CCC[C@H](c3nc4ccc(C)cc4[nH]3)C2)cc1. The summed E-state index contributed by atoms with van der Waals surface area (Å²) in [5, 5.41) is 4.17. The van der Waals surface area contributed by atoms with Gasteiger partial charge in [0.1, 0.15) is 5.82 Å². The summed E-state index contributed by atoms with van der Waals surface area (Å²) in [6, 6.07) is 14.7. The molecule has 1 aliphatic rings. The zero-order chi connectivity index (χ0) is 18.1. The number of nitrogens with zero attached hydrogens (tertiary/aromatic N) is 2. The van der Waals surface area contributed by atoms with Crippen LogP contribution in [0.3, 0.4) is 0 Å². The largest absolute Gasteiger partial charge is 0.348 e. The second-order valence-electron chi connectivity index (χ2n) is 7.22. The molecule has 2 aromatic carbocycles. The predicted molar refractivity (Wildman–Crippen MR) is 112 cm³/mol. The van der Waals surface area contributed by atoms with Gasteiger partial charge in [0.2, 0.25) is 0 Å². The van der Waals surface area contributed by atoms with Gasteiger partial charge in [-0.15, -0.1) is 0 Å². The first kappa shape index (κ1) is 17.0. The van der Waals surface area contributed by atoms with E-state index in [0.29, 0.717) is 5.92 Å². The fourth-order valence-corrected chi connectivity index (χ4v) is 3.84. The third kappa shape index (κ3) is 3.58. The van der Waals surface area contributed by atoms with Gasteiger partial charge in [-0.25, -0.2) is 4.98 Å². The second-order valence-corrected chi connectivity index (χ2v) is 7.61. The van der Waals surface area contributed by atoms with Crippen molar-refractivity contribution in [3.05, 3.63) is 59.4 Å². The summed E-state index contributed by atoms with van der Waals surface area (Å²) in [5.41, 5.74) is 5.71. The van der Waals surface area contributed by atoms with Gasteiger partial charge in [-0.1, -0.05) is 23.8 Å². The highest BCUT2D eigenvalue weighted by atomic mass is 32.1. The standard InChI is InChI=1S/C21H24N4S/c1-14-5-8-17(9-6-14)22-21(26)25-11-3-4-16(13-25)20-23-18-10-7-15(2)12-19(18)24-20/h5-10,12,16H,3-4,11,13H2,1-2H3,(H,22,26)(H,23,24)/t16-/m0/s1. The summed E-state index contributed by atoms with van der Waals surface area (Å²) >= 11 is 5.66. The molecule has 26 heavy (non-hydrogen) atoms. The Kier molecular flexibility index (Phi) is 4.64. The normalized spacial score (nSPS) is 17.5. The molecule has 1 aliphatic heterocycles. The van der Waals surface area contributed by atoms with Crippen LogP contribution in [0, 0.1) is 13.8 Å². The second kappa shape index (κ2) is 7.08. The molecule has 1 aromatic heterocycles. The lowest BCUT2D eigenvalue weighted by atomic mass is 9.98. The molecule has 3 aromatic rings. The maximum Gasteiger partial charge on any atom is 0.173 e. The molecule has 0 bridgehead atoms. The molecule has 0 radical (unpaired) electrons. The lowest BCUT2D eigenvalue weighted by Gasteiger charge is -2.33. The molecule has 1 atom stereocenters. The Labute approximate surface area is 159 Å². The van der Waals surface area contributed by atoms with E-state index in [9.17, 15) is 0 Å². The van der Waals surface area contributed by atoms with Crippen LogP contribution >= 0.6 is 12.2 Å². The summed E-state index contributed by atoms with van der Waals surface area (Å²) in [5.74, 6) is 1.46. The van der Waals surface area contributed by atoms with E-state index in [4.69, 9.17) is 17.2 Å². The van der Waals surface area contributed by atoms with Gasteiger partial charge in [0.25, 0.3) is 0 Å². The first-order valence-electron chi connectivity index (χ1n) is 9.17. The molecular formula is C21H24N4S. The van der Waals surface area contributed by atoms with Gasteiger partial charge in [0.05, 0.1) is 11.0 Å². The van der Waals surface area contributed by atoms with Crippen LogP contribution in [0.25, 0.3) is 11.0 Å². The zero-order valence-electron chi connectivity index (χ0n) is 15.2. The van der Waals surface area contributed by atoms with Crippen molar-refractivity contribution < 1.29 is 0 Å². The molecule has 0 aliphatic carbocycles. The number of nitrogens with one attached hydrogen (secondary N) is 2. The monoisotopic (exact) mass is 364 g/mol. The maximum atomic E-state index is 5.66. The predicted octanol–water partition coefficient (Wildman–Crippen LogP) is 4.76. The Bertz CT molecular complexity index is 929. The van der Waals surface area contributed by atoms with E-state index in [2.05, 4.69) is 71.5 Å². The smallest absolute Gasteiger partial charge is 0.173 e. The summed E-state index contributed by atoms with van der Waals surface area (Å²) < 4.78 is 0. The molecule has 134 valence electrons. The number of thiocarbonyl (C=S) groups is 1. The molecule has 0 unspecified atom stereocenters. The van der Waals surface area contributed by atoms with Crippen LogP contribution in [0.5, 0.6) is 0 Å². The van der Waals surface area contributed by atoms with E-state index < -0.39 is 0 Å². The number of H-pyrrole nitrogens is 1. The minimum absolute atomic E-state index is 0.384. The minimum atomic E-state index is 0.384. The molecule has 5 heteroatoms. The van der Waals surface area contributed by atoms with Gasteiger partial charge in [0, 0.05) is 24.7 Å². The van der Waals surface area contributed by atoms with Crippen molar-refractivity contribution in [1.29, 1.82) is 0 Å². The van der Waals surface area contributed by atoms with E-state index in [1.807, 2.05) is 0 Å². The van der Waals surface area contributed by atoms with E-state index in [0.717, 1.165) is 53.6 Å². The Hall–Kier alpha value is -2.40. The van der Waals surface area contributed by atoms with E-state index in [1.54, 1.807) is 0 Å². The highest BCUT2D eigenvalue weighted by molar-refractivity contribution is 7.80. The Morgan fingerprint density at radius 2 is 1.92 bits per heavy atom. The Morgan fingerprint density at radius 3 is 2.73 bits per heavy atom. The third-order valence-electron chi connectivity index (χ3n) is 5.05. The van der Waals surface area contributed by atoms with Crippen LogP contribution < -0.4 is 5.32 Å². The third-order valence-corrected chi connectivity index (χ3v) is 5.41. The van der Waals surface area contributed by atoms with Crippen LogP contribution in [0.1, 0.15) is 35.7 Å². The lowest BCUT2D eigenvalue weighted by molar-refractivity contribution is 0.307. The first-order valence-corrected chi connectivity index (χ1v) is 9.58. The number of piperidine rings is 1. The zero-order valence-corrected chi connectivity index (χ0v) is 16.1. The molecule has 0 spiro atoms. The first-order chi connectivity index (χ1) is 12.6. The van der Waals surface area contributed by atoms with Crippen molar-refractivity contribution >= 4 is 34.1 Å². The summed E-state index contributed by atoms with van der Waals surface area (Å²) in [7, 11) is 0. The number of rotatable bonds is 2. The molecule has 0 saturated carbocycles. The number of fused-ring (bicyclic) bond motifs is 1. The van der Waals surface area contributed by atoms with Crippen molar-refractivity contribution in [2.75, 3.05) is 18.4 Å². The molecule has 1 saturated heterocycles. The summed E-state index contributed by atoms with van der Waals surface area (Å²) in [6.07, 6.45) is 2.26. The topological polar surface area (TPSA) is 44.0 Å². The molecule has 0 amide bonds. The van der Waals surface area contributed by atoms with Crippen molar-refractivity contribution in [1.82, 2.24) is 14.9 Å². The van der Waals surface area contributed by atoms with Gasteiger partial charge < -0.3 is 15.2 Å². The van der Waals surface area contributed by atoms with Crippen LogP contribution in [-0.4, -0.2) is 33.1 Å². The average Bonchev–Trinajstić information content (AvgIpc) is 3.07. The number of aromatic nitrogens is 2. The highest BCUT2D eigenvalue weighted by Gasteiger charge is 2.25. The quantitative estimate of drug-likeness (QED) is 0.644. The van der Waals surface area contributed by atoms with Gasteiger partial charge in [-0.2, -0.15) is 0 Å². The van der Waals surface area contributed by atoms with Crippen molar-refractivity contribution in [2.45, 2.75) is 32.6 Å². The van der Waals surface area contributed by atoms with Gasteiger partial charge in [0.15, 0.2) is 5.11 Å².